The summed E-state index contributed by atoms with van der Waals surface area (Å²) in [7, 11) is 0. The van der Waals surface area contributed by atoms with Crippen molar-refractivity contribution in [2.75, 3.05) is 6.79 Å². The molecule has 166 valence electrons. The second-order valence-corrected chi connectivity index (χ2v) is 8.36. The molecule has 0 radical (unpaired) electrons. The summed E-state index contributed by atoms with van der Waals surface area (Å²) >= 11 is 0. The third-order valence-electron chi connectivity index (χ3n) is 5.89. The van der Waals surface area contributed by atoms with E-state index in [0.29, 0.717) is 29.5 Å². The number of fused-ring (bicyclic) bond motifs is 2. The topological polar surface area (TPSA) is 63.5 Å². The lowest BCUT2D eigenvalue weighted by molar-refractivity contribution is -0.120. The zero-order valence-electron chi connectivity index (χ0n) is 18.6. The fourth-order valence-electron chi connectivity index (χ4n) is 4.21. The van der Waals surface area contributed by atoms with Gasteiger partial charge in [0.1, 0.15) is 5.70 Å². The van der Waals surface area contributed by atoms with Gasteiger partial charge in [-0.05, 0) is 42.3 Å². The molecule has 0 aliphatic carbocycles. The van der Waals surface area contributed by atoms with Crippen molar-refractivity contribution in [3.05, 3.63) is 107 Å². The molecule has 3 heterocycles. The van der Waals surface area contributed by atoms with Crippen molar-refractivity contribution in [1.82, 2.24) is 4.90 Å². The van der Waals surface area contributed by atoms with Crippen LogP contribution in [-0.4, -0.2) is 29.1 Å². The van der Waals surface area contributed by atoms with Crippen LogP contribution in [-0.2, 0) is 11.2 Å². The third-order valence-corrected chi connectivity index (χ3v) is 5.89. The lowest BCUT2D eigenvalue weighted by Crippen LogP contribution is -2.36. The maximum Gasteiger partial charge on any atom is 0.282 e. The SMILES string of the molecule is Cc1cccc(C2=CN3C(=O)/C(=C/c4ccc5c(c4)OCO5)N=C3C(Cc3ccccc3)=N2)c1. The minimum absolute atomic E-state index is 0.182. The van der Waals surface area contributed by atoms with Gasteiger partial charge in [-0.25, -0.2) is 9.98 Å². The molecular weight excluding hydrogens is 426 g/mol. The van der Waals surface area contributed by atoms with E-state index in [1.54, 1.807) is 17.2 Å². The maximum atomic E-state index is 13.4. The average molecular weight is 447 g/mol. The molecule has 6 rings (SSSR count). The van der Waals surface area contributed by atoms with E-state index in [9.17, 15) is 4.79 Å². The quantitative estimate of drug-likeness (QED) is 0.529. The Labute approximate surface area is 197 Å². The van der Waals surface area contributed by atoms with Gasteiger partial charge in [0.2, 0.25) is 6.79 Å². The number of hydrogen-bond donors (Lipinski definition) is 0. The minimum Gasteiger partial charge on any atom is -0.454 e. The van der Waals surface area contributed by atoms with Crippen LogP contribution in [0.5, 0.6) is 11.5 Å². The Bertz CT molecular complexity index is 1430. The fourth-order valence-corrected chi connectivity index (χ4v) is 4.21. The molecule has 0 atom stereocenters. The number of nitrogens with zero attached hydrogens (tertiary/aromatic N) is 3. The van der Waals surface area contributed by atoms with Crippen LogP contribution < -0.4 is 9.47 Å². The van der Waals surface area contributed by atoms with Gasteiger partial charge in [0.05, 0.1) is 11.4 Å². The van der Waals surface area contributed by atoms with Crippen LogP contribution in [0.2, 0.25) is 0 Å². The number of carbonyl (C=O) groups is 1. The van der Waals surface area contributed by atoms with Gasteiger partial charge in [-0.2, -0.15) is 0 Å². The van der Waals surface area contributed by atoms with Gasteiger partial charge >= 0.3 is 0 Å². The maximum absolute atomic E-state index is 13.4. The van der Waals surface area contributed by atoms with Crippen LogP contribution in [0.4, 0.5) is 0 Å². The van der Waals surface area contributed by atoms with Gasteiger partial charge in [0, 0.05) is 18.2 Å². The second kappa shape index (κ2) is 8.15. The number of amides is 1. The summed E-state index contributed by atoms with van der Waals surface area (Å²) in [4.78, 5) is 24.7. The second-order valence-electron chi connectivity index (χ2n) is 8.36. The summed E-state index contributed by atoms with van der Waals surface area (Å²) in [6.07, 6.45) is 4.13. The van der Waals surface area contributed by atoms with E-state index in [4.69, 9.17) is 19.5 Å². The summed E-state index contributed by atoms with van der Waals surface area (Å²) in [6.45, 7) is 2.25. The number of carbonyl (C=O) groups excluding carboxylic acids is 1. The predicted molar refractivity (Wildman–Crippen MR) is 132 cm³/mol. The molecule has 3 aromatic carbocycles. The molecule has 6 heteroatoms. The summed E-state index contributed by atoms with van der Waals surface area (Å²) in [6, 6.07) is 23.8. The monoisotopic (exact) mass is 447 g/mol. The van der Waals surface area contributed by atoms with E-state index >= 15 is 0 Å². The van der Waals surface area contributed by atoms with Crippen molar-refractivity contribution in [3.63, 3.8) is 0 Å². The molecule has 1 amide bonds. The van der Waals surface area contributed by atoms with E-state index in [1.165, 1.54) is 0 Å². The Morgan fingerprint density at radius 2 is 1.79 bits per heavy atom. The lowest BCUT2D eigenvalue weighted by atomic mass is 10.0. The number of hydrogen-bond acceptors (Lipinski definition) is 5. The number of benzene rings is 3. The number of rotatable bonds is 4. The number of ether oxygens (including phenoxy) is 2. The Balaban J connectivity index is 1.41. The molecule has 3 aromatic rings. The zero-order chi connectivity index (χ0) is 23.1. The van der Waals surface area contributed by atoms with Crippen molar-refractivity contribution >= 4 is 29.2 Å². The molecule has 0 saturated heterocycles. The number of aryl methyl sites for hydroxylation is 1. The van der Waals surface area contributed by atoms with Gasteiger partial charge in [0.25, 0.3) is 5.91 Å². The van der Waals surface area contributed by atoms with Crippen LogP contribution >= 0.6 is 0 Å². The molecule has 0 bridgehead atoms. The summed E-state index contributed by atoms with van der Waals surface area (Å²) < 4.78 is 10.9. The van der Waals surface area contributed by atoms with Crippen molar-refractivity contribution in [2.45, 2.75) is 13.3 Å². The van der Waals surface area contributed by atoms with Crippen LogP contribution in [0.1, 0.15) is 22.3 Å². The summed E-state index contributed by atoms with van der Waals surface area (Å²) in [5.41, 5.74) is 5.88. The predicted octanol–water partition coefficient (Wildman–Crippen LogP) is 5.00. The summed E-state index contributed by atoms with van der Waals surface area (Å²) in [5, 5.41) is 0. The van der Waals surface area contributed by atoms with E-state index in [1.807, 2.05) is 61.5 Å². The highest BCUT2D eigenvalue weighted by Crippen LogP contribution is 2.34. The standard InChI is InChI=1S/C28H21N3O3/c1-18-6-5-9-21(12-18)24-16-31-27(22(29-24)13-19-7-3-2-4-8-19)30-23(28(31)32)14-20-10-11-25-26(15-20)34-17-33-25/h2-12,14-16H,13,17H2,1H3/b23-14-. The first-order valence-electron chi connectivity index (χ1n) is 11.1. The molecule has 0 aromatic heterocycles. The van der Waals surface area contributed by atoms with Gasteiger partial charge in [0.15, 0.2) is 17.3 Å². The van der Waals surface area contributed by atoms with E-state index in [2.05, 4.69) is 18.2 Å². The zero-order valence-corrected chi connectivity index (χ0v) is 18.6. The highest BCUT2D eigenvalue weighted by molar-refractivity contribution is 6.48. The van der Waals surface area contributed by atoms with Crippen LogP contribution in [0.3, 0.4) is 0 Å². The van der Waals surface area contributed by atoms with Crippen molar-refractivity contribution in [3.8, 4) is 11.5 Å². The molecule has 3 aliphatic rings. The smallest absolute Gasteiger partial charge is 0.282 e. The number of aliphatic imine (C=N–C) groups is 2. The molecule has 0 fully saturated rings. The van der Waals surface area contributed by atoms with Gasteiger partial charge in [-0.15, -0.1) is 0 Å². The van der Waals surface area contributed by atoms with Crippen molar-refractivity contribution in [2.24, 2.45) is 9.98 Å². The normalized spacial score (nSPS) is 17.4. The van der Waals surface area contributed by atoms with Crippen LogP contribution in [0, 0.1) is 6.92 Å². The van der Waals surface area contributed by atoms with Gasteiger partial charge < -0.3 is 9.47 Å². The lowest BCUT2D eigenvalue weighted by Gasteiger charge is -2.22. The highest BCUT2D eigenvalue weighted by atomic mass is 16.7. The van der Waals surface area contributed by atoms with Gasteiger partial charge in [-0.3, -0.25) is 9.69 Å². The molecule has 0 unspecified atom stereocenters. The highest BCUT2D eigenvalue weighted by Gasteiger charge is 2.35. The Hall–Kier alpha value is -4.45. The van der Waals surface area contributed by atoms with E-state index in [0.717, 1.165) is 33.7 Å². The van der Waals surface area contributed by atoms with Crippen LogP contribution in [0.15, 0.2) is 94.7 Å². The molecule has 0 saturated carbocycles. The first-order chi connectivity index (χ1) is 16.6. The molecule has 6 nitrogen and oxygen atoms in total. The van der Waals surface area contributed by atoms with Crippen molar-refractivity contribution in [1.29, 1.82) is 0 Å². The first-order valence-corrected chi connectivity index (χ1v) is 11.1. The Kier molecular flexibility index (Phi) is 4.84. The van der Waals surface area contributed by atoms with E-state index in [-0.39, 0.29) is 12.7 Å². The molecule has 0 spiro atoms. The van der Waals surface area contributed by atoms with Gasteiger partial charge in [-0.1, -0.05) is 60.2 Å². The molecular formula is C28H21N3O3. The van der Waals surface area contributed by atoms with Crippen LogP contribution in [0.25, 0.3) is 11.8 Å². The molecule has 34 heavy (non-hydrogen) atoms. The first kappa shape index (κ1) is 20.2. The van der Waals surface area contributed by atoms with Crippen molar-refractivity contribution < 1.29 is 14.3 Å². The third kappa shape index (κ3) is 3.69. The van der Waals surface area contributed by atoms with E-state index < -0.39 is 0 Å². The minimum atomic E-state index is -0.182. The molecule has 0 N–H and O–H groups in total. The largest absolute Gasteiger partial charge is 0.454 e. The molecule has 3 aliphatic heterocycles. The average Bonchev–Trinajstić information content (AvgIpc) is 3.44. The fraction of sp³-hybridized carbons (Fsp3) is 0.107. The summed E-state index contributed by atoms with van der Waals surface area (Å²) in [5.74, 6) is 1.75. The Morgan fingerprint density at radius 1 is 0.941 bits per heavy atom. The Morgan fingerprint density at radius 3 is 2.65 bits per heavy atom. The number of amidine groups is 1.